The first-order chi connectivity index (χ1) is 9.46. The van der Waals surface area contributed by atoms with E-state index in [4.69, 9.17) is 5.73 Å². The van der Waals surface area contributed by atoms with Gasteiger partial charge in [-0.25, -0.2) is 0 Å². The first-order valence-electron chi connectivity index (χ1n) is 7.34. The molecule has 1 aromatic carbocycles. The Morgan fingerprint density at radius 2 is 2.15 bits per heavy atom. The van der Waals surface area contributed by atoms with E-state index >= 15 is 0 Å². The lowest BCUT2D eigenvalue weighted by atomic mass is 10.0. The Morgan fingerprint density at radius 3 is 2.90 bits per heavy atom. The molecule has 0 saturated carbocycles. The largest absolute Gasteiger partial charge is 0.371 e. The normalized spacial score (nSPS) is 14.2. The lowest BCUT2D eigenvalue weighted by Crippen LogP contribution is -2.39. The van der Waals surface area contributed by atoms with E-state index in [9.17, 15) is 4.79 Å². The van der Waals surface area contributed by atoms with E-state index in [-0.39, 0.29) is 5.91 Å². The van der Waals surface area contributed by atoms with Crippen LogP contribution >= 0.6 is 0 Å². The van der Waals surface area contributed by atoms with Crippen LogP contribution < -0.4 is 16.0 Å². The lowest BCUT2D eigenvalue weighted by Gasteiger charge is -2.20. The average molecular weight is 275 g/mol. The SMILES string of the molecule is CC(C)(N)CC(=O)NCCCN1CCc2ccccc21. The van der Waals surface area contributed by atoms with Crippen LogP contribution in [0.15, 0.2) is 24.3 Å². The summed E-state index contributed by atoms with van der Waals surface area (Å²) in [7, 11) is 0. The highest BCUT2D eigenvalue weighted by Gasteiger charge is 2.18. The van der Waals surface area contributed by atoms with Gasteiger partial charge in [0.05, 0.1) is 0 Å². The molecule has 110 valence electrons. The van der Waals surface area contributed by atoms with Crippen molar-refractivity contribution in [3.05, 3.63) is 29.8 Å². The van der Waals surface area contributed by atoms with Crippen LogP contribution in [0.25, 0.3) is 0 Å². The zero-order chi connectivity index (χ0) is 14.6. The van der Waals surface area contributed by atoms with Gasteiger partial charge in [-0.15, -0.1) is 0 Å². The molecule has 1 aliphatic rings. The molecule has 1 heterocycles. The van der Waals surface area contributed by atoms with Gasteiger partial charge in [0.25, 0.3) is 0 Å². The molecule has 4 heteroatoms. The van der Waals surface area contributed by atoms with Gasteiger partial charge in [0, 0.05) is 37.3 Å². The van der Waals surface area contributed by atoms with Gasteiger partial charge < -0.3 is 16.0 Å². The maximum atomic E-state index is 11.6. The third-order valence-electron chi connectivity index (χ3n) is 3.53. The summed E-state index contributed by atoms with van der Waals surface area (Å²) in [4.78, 5) is 14.0. The number of nitrogens with two attached hydrogens (primary N) is 1. The molecule has 20 heavy (non-hydrogen) atoms. The van der Waals surface area contributed by atoms with Crippen LogP contribution in [0, 0.1) is 0 Å². The quantitative estimate of drug-likeness (QED) is 0.777. The van der Waals surface area contributed by atoms with E-state index in [0.717, 1.165) is 25.9 Å². The Balaban J connectivity index is 1.69. The van der Waals surface area contributed by atoms with Crippen LogP contribution in [0.5, 0.6) is 0 Å². The summed E-state index contributed by atoms with van der Waals surface area (Å²) in [5.74, 6) is 0.0410. The van der Waals surface area contributed by atoms with E-state index in [1.165, 1.54) is 11.3 Å². The average Bonchev–Trinajstić information content (AvgIpc) is 2.76. The van der Waals surface area contributed by atoms with Gasteiger partial charge in [-0.2, -0.15) is 0 Å². The molecule has 0 unspecified atom stereocenters. The Morgan fingerprint density at radius 1 is 1.40 bits per heavy atom. The van der Waals surface area contributed by atoms with E-state index in [2.05, 4.69) is 34.5 Å². The predicted octanol–water partition coefficient (Wildman–Crippen LogP) is 1.68. The fraction of sp³-hybridized carbons (Fsp3) is 0.562. The van der Waals surface area contributed by atoms with Gasteiger partial charge >= 0.3 is 0 Å². The van der Waals surface area contributed by atoms with Crippen LogP contribution in [0.4, 0.5) is 5.69 Å². The number of benzene rings is 1. The van der Waals surface area contributed by atoms with Crippen molar-refractivity contribution in [1.82, 2.24) is 5.32 Å². The molecule has 0 saturated heterocycles. The zero-order valence-electron chi connectivity index (χ0n) is 12.5. The minimum absolute atomic E-state index is 0.0410. The van der Waals surface area contributed by atoms with Crippen molar-refractivity contribution in [2.75, 3.05) is 24.5 Å². The van der Waals surface area contributed by atoms with Gasteiger partial charge in [0.15, 0.2) is 0 Å². The topological polar surface area (TPSA) is 58.4 Å². The van der Waals surface area contributed by atoms with Gasteiger partial charge in [-0.1, -0.05) is 18.2 Å². The second-order valence-corrected chi connectivity index (χ2v) is 6.23. The maximum Gasteiger partial charge on any atom is 0.221 e. The van der Waals surface area contributed by atoms with Gasteiger partial charge in [-0.3, -0.25) is 4.79 Å². The molecule has 0 spiro atoms. The van der Waals surface area contributed by atoms with Gasteiger partial charge in [0.2, 0.25) is 5.91 Å². The van der Waals surface area contributed by atoms with Crippen molar-refractivity contribution in [2.45, 2.75) is 38.6 Å². The number of para-hydroxylation sites is 1. The molecular formula is C16H25N3O. The Bertz CT molecular complexity index is 465. The summed E-state index contributed by atoms with van der Waals surface area (Å²) >= 11 is 0. The second kappa shape index (κ2) is 6.27. The summed E-state index contributed by atoms with van der Waals surface area (Å²) in [6.45, 7) is 6.53. The molecule has 0 aromatic heterocycles. The number of rotatable bonds is 6. The van der Waals surface area contributed by atoms with Crippen molar-refractivity contribution >= 4 is 11.6 Å². The van der Waals surface area contributed by atoms with E-state index < -0.39 is 5.54 Å². The number of anilines is 1. The number of carbonyl (C=O) groups excluding carboxylic acids is 1. The Hall–Kier alpha value is -1.55. The molecule has 0 atom stereocenters. The molecule has 0 radical (unpaired) electrons. The van der Waals surface area contributed by atoms with Crippen molar-refractivity contribution in [3.8, 4) is 0 Å². The number of nitrogens with zero attached hydrogens (tertiary/aromatic N) is 1. The number of carbonyl (C=O) groups is 1. The third-order valence-corrected chi connectivity index (χ3v) is 3.53. The summed E-state index contributed by atoms with van der Waals surface area (Å²) in [6.07, 6.45) is 2.47. The smallest absolute Gasteiger partial charge is 0.221 e. The van der Waals surface area contributed by atoms with Crippen molar-refractivity contribution in [3.63, 3.8) is 0 Å². The van der Waals surface area contributed by atoms with Crippen LogP contribution in [-0.2, 0) is 11.2 Å². The lowest BCUT2D eigenvalue weighted by molar-refractivity contribution is -0.121. The van der Waals surface area contributed by atoms with Crippen LogP contribution in [0.1, 0.15) is 32.3 Å². The minimum atomic E-state index is -0.433. The zero-order valence-corrected chi connectivity index (χ0v) is 12.5. The third kappa shape index (κ3) is 4.23. The van der Waals surface area contributed by atoms with E-state index in [0.29, 0.717) is 13.0 Å². The van der Waals surface area contributed by atoms with Gasteiger partial charge in [0.1, 0.15) is 0 Å². The van der Waals surface area contributed by atoms with E-state index in [1.54, 1.807) is 0 Å². The summed E-state index contributed by atoms with van der Waals surface area (Å²) in [6, 6.07) is 8.55. The number of amides is 1. The fourth-order valence-electron chi connectivity index (χ4n) is 2.61. The van der Waals surface area contributed by atoms with Crippen LogP contribution in [0.2, 0.25) is 0 Å². The second-order valence-electron chi connectivity index (χ2n) is 6.23. The van der Waals surface area contributed by atoms with Crippen LogP contribution in [0.3, 0.4) is 0 Å². The number of fused-ring (bicyclic) bond motifs is 1. The Kier molecular flexibility index (Phi) is 4.65. The van der Waals surface area contributed by atoms with E-state index in [1.807, 2.05) is 13.8 Å². The molecule has 0 aliphatic carbocycles. The highest BCUT2D eigenvalue weighted by Crippen LogP contribution is 2.27. The standard InChI is InChI=1S/C16H25N3O/c1-16(2,17)12-15(20)18-9-5-10-19-11-8-13-6-3-4-7-14(13)19/h3-4,6-7H,5,8-12,17H2,1-2H3,(H,18,20). The molecule has 0 fully saturated rings. The van der Waals surface area contributed by atoms with Crippen LogP contribution in [-0.4, -0.2) is 31.1 Å². The fourth-order valence-corrected chi connectivity index (χ4v) is 2.61. The number of hydrogen-bond acceptors (Lipinski definition) is 3. The highest BCUT2D eigenvalue weighted by molar-refractivity contribution is 5.77. The highest BCUT2D eigenvalue weighted by atomic mass is 16.1. The molecule has 3 N–H and O–H groups in total. The predicted molar refractivity (Wildman–Crippen MR) is 82.9 cm³/mol. The molecule has 2 rings (SSSR count). The first kappa shape index (κ1) is 14.9. The summed E-state index contributed by atoms with van der Waals surface area (Å²) in [5.41, 5.74) is 8.17. The van der Waals surface area contributed by atoms with Crippen molar-refractivity contribution in [1.29, 1.82) is 0 Å². The number of hydrogen-bond donors (Lipinski definition) is 2. The Labute approximate surface area is 121 Å². The minimum Gasteiger partial charge on any atom is -0.371 e. The summed E-state index contributed by atoms with van der Waals surface area (Å²) < 4.78 is 0. The number of nitrogens with one attached hydrogen (secondary N) is 1. The molecule has 1 amide bonds. The first-order valence-corrected chi connectivity index (χ1v) is 7.34. The molecule has 1 aliphatic heterocycles. The van der Waals surface area contributed by atoms with Crippen molar-refractivity contribution in [2.24, 2.45) is 5.73 Å². The van der Waals surface area contributed by atoms with Crippen molar-refractivity contribution < 1.29 is 4.79 Å². The maximum absolute atomic E-state index is 11.6. The molecular weight excluding hydrogens is 250 g/mol. The molecule has 0 bridgehead atoms. The molecule has 1 aromatic rings. The van der Waals surface area contributed by atoms with Gasteiger partial charge in [-0.05, 0) is 38.3 Å². The monoisotopic (exact) mass is 275 g/mol. The summed E-state index contributed by atoms with van der Waals surface area (Å²) in [5, 5.41) is 2.94. The molecule has 4 nitrogen and oxygen atoms in total.